The third-order valence-corrected chi connectivity index (χ3v) is 3.39. The van der Waals surface area contributed by atoms with E-state index in [4.69, 9.17) is 0 Å². The minimum absolute atomic E-state index is 0.175. The van der Waals surface area contributed by atoms with Crippen LogP contribution in [0.15, 0.2) is 0 Å². The molecule has 2 amide bonds. The zero-order chi connectivity index (χ0) is 16.4. The molecule has 1 unspecified atom stereocenters. The highest BCUT2D eigenvalue weighted by atomic mass is 19.4. The lowest BCUT2D eigenvalue weighted by Gasteiger charge is -2.44. The van der Waals surface area contributed by atoms with Crippen molar-refractivity contribution in [2.75, 3.05) is 13.2 Å². The zero-order valence-electron chi connectivity index (χ0n) is 12.6. The van der Waals surface area contributed by atoms with Gasteiger partial charge in [-0.3, -0.25) is 14.3 Å². The molecule has 0 radical (unpaired) electrons. The van der Waals surface area contributed by atoms with Gasteiger partial charge in [0.25, 0.3) is 0 Å². The lowest BCUT2D eigenvalue weighted by molar-refractivity contribution is -0.325. The van der Waals surface area contributed by atoms with Crippen LogP contribution in [0.2, 0.25) is 0 Å². The molecule has 0 aromatic rings. The fourth-order valence-corrected chi connectivity index (χ4v) is 2.26. The molecule has 0 aromatic carbocycles. The van der Waals surface area contributed by atoms with E-state index in [1.165, 1.54) is 13.8 Å². The Hall–Kier alpha value is -1.31. The standard InChI is InChI=1S/C13H21F3N2O3/c1-8(2)7-9-10(19)18(5-6-21-13(14,15)16)12(3,4)11(20)17-9/h8-9H,5-7H2,1-4H3,(H,17,20). The van der Waals surface area contributed by atoms with Crippen molar-refractivity contribution in [2.45, 2.75) is 52.1 Å². The SMILES string of the molecule is CC(C)CC1NC(=O)C(C)(C)N(CCOC(F)(F)F)C1=O. The van der Waals surface area contributed by atoms with E-state index in [9.17, 15) is 22.8 Å². The van der Waals surface area contributed by atoms with Gasteiger partial charge in [-0.2, -0.15) is 0 Å². The first-order chi connectivity index (χ1) is 9.45. The first-order valence-electron chi connectivity index (χ1n) is 6.78. The third kappa shape index (κ3) is 4.59. The fourth-order valence-electron chi connectivity index (χ4n) is 2.26. The maximum Gasteiger partial charge on any atom is 0.522 e. The summed E-state index contributed by atoms with van der Waals surface area (Å²) in [6.45, 7) is 5.82. The third-order valence-electron chi connectivity index (χ3n) is 3.39. The van der Waals surface area contributed by atoms with Crippen molar-refractivity contribution >= 4 is 11.8 Å². The van der Waals surface area contributed by atoms with Crippen LogP contribution in [0.25, 0.3) is 0 Å². The van der Waals surface area contributed by atoms with E-state index in [1.54, 1.807) is 0 Å². The maximum absolute atomic E-state index is 12.4. The van der Waals surface area contributed by atoms with Gasteiger partial charge >= 0.3 is 6.36 Å². The molecule has 0 spiro atoms. The molecule has 0 saturated carbocycles. The molecule has 0 bridgehead atoms. The Morgan fingerprint density at radius 1 is 1.33 bits per heavy atom. The number of nitrogens with one attached hydrogen (secondary N) is 1. The van der Waals surface area contributed by atoms with Crippen LogP contribution in [0.4, 0.5) is 13.2 Å². The number of amides is 2. The molecule has 1 N–H and O–H groups in total. The van der Waals surface area contributed by atoms with Crippen LogP contribution in [0.3, 0.4) is 0 Å². The summed E-state index contributed by atoms with van der Waals surface area (Å²) in [6, 6.07) is -0.698. The van der Waals surface area contributed by atoms with E-state index >= 15 is 0 Å². The van der Waals surface area contributed by atoms with Gasteiger partial charge < -0.3 is 10.2 Å². The van der Waals surface area contributed by atoms with Crippen LogP contribution in [0.5, 0.6) is 0 Å². The van der Waals surface area contributed by atoms with Gasteiger partial charge in [-0.05, 0) is 26.2 Å². The molecule has 8 heteroatoms. The van der Waals surface area contributed by atoms with Crippen molar-refractivity contribution < 1.29 is 27.5 Å². The van der Waals surface area contributed by atoms with Gasteiger partial charge in [-0.1, -0.05) is 13.8 Å². The average molecular weight is 310 g/mol. The molecule has 1 aliphatic rings. The molecule has 1 atom stereocenters. The molecule has 1 saturated heterocycles. The minimum atomic E-state index is -4.75. The Kier molecular flexibility index (Phi) is 5.25. The maximum atomic E-state index is 12.4. The first kappa shape index (κ1) is 17.7. The summed E-state index contributed by atoms with van der Waals surface area (Å²) in [7, 11) is 0. The van der Waals surface area contributed by atoms with Crippen LogP contribution in [-0.2, 0) is 14.3 Å². The van der Waals surface area contributed by atoms with E-state index in [2.05, 4.69) is 10.1 Å². The lowest BCUT2D eigenvalue weighted by Crippen LogP contribution is -2.68. The summed E-state index contributed by atoms with van der Waals surface area (Å²) in [4.78, 5) is 25.6. The Balaban J connectivity index is 2.80. The number of piperazine rings is 1. The smallest absolute Gasteiger partial charge is 0.342 e. The highest BCUT2D eigenvalue weighted by molar-refractivity contribution is 5.99. The topological polar surface area (TPSA) is 58.6 Å². The molecule has 0 aliphatic carbocycles. The summed E-state index contributed by atoms with van der Waals surface area (Å²) < 4.78 is 39.8. The van der Waals surface area contributed by atoms with Crippen LogP contribution in [0, 0.1) is 5.92 Å². The quantitative estimate of drug-likeness (QED) is 0.840. The van der Waals surface area contributed by atoms with Crippen LogP contribution in [-0.4, -0.2) is 47.8 Å². The van der Waals surface area contributed by atoms with Gasteiger partial charge in [0.15, 0.2) is 0 Å². The normalized spacial score (nSPS) is 22.7. The zero-order valence-corrected chi connectivity index (χ0v) is 12.6. The summed E-state index contributed by atoms with van der Waals surface area (Å²) in [5, 5.41) is 2.63. The van der Waals surface area contributed by atoms with Gasteiger partial charge in [0.05, 0.1) is 6.61 Å². The Bertz CT molecular complexity index is 408. The number of carbonyl (C=O) groups excluding carboxylic acids is 2. The van der Waals surface area contributed by atoms with Gasteiger partial charge in [-0.15, -0.1) is 13.2 Å². The van der Waals surface area contributed by atoms with Crippen LogP contribution in [0.1, 0.15) is 34.1 Å². The van der Waals surface area contributed by atoms with Gasteiger partial charge in [0, 0.05) is 6.54 Å². The summed E-state index contributed by atoms with van der Waals surface area (Å²) in [5.41, 5.74) is -1.19. The van der Waals surface area contributed by atoms with E-state index in [-0.39, 0.29) is 24.3 Å². The van der Waals surface area contributed by atoms with Gasteiger partial charge in [-0.25, -0.2) is 0 Å². The molecule has 122 valence electrons. The molecule has 1 heterocycles. The van der Waals surface area contributed by atoms with Crippen molar-refractivity contribution in [2.24, 2.45) is 5.92 Å². The van der Waals surface area contributed by atoms with E-state index in [1.807, 2.05) is 13.8 Å². The highest BCUT2D eigenvalue weighted by Crippen LogP contribution is 2.24. The predicted octanol–water partition coefficient (Wildman–Crippen LogP) is 1.67. The Labute approximate surface area is 121 Å². The first-order valence-corrected chi connectivity index (χ1v) is 6.78. The molecule has 5 nitrogen and oxygen atoms in total. The average Bonchev–Trinajstić information content (AvgIpc) is 2.29. The predicted molar refractivity (Wildman–Crippen MR) is 69.2 cm³/mol. The van der Waals surface area contributed by atoms with E-state index in [0.29, 0.717) is 6.42 Å². The number of rotatable bonds is 5. The number of hydrogen-bond acceptors (Lipinski definition) is 3. The van der Waals surface area contributed by atoms with Crippen molar-refractivity contribution in [3.63, 3.8) is 0 Å². The number of halogens is 3. The molecule has 0 aromatic heterocycles. The molecule has 21 heavy (non-hydrogen) atoms. The number of nitrogens with zero attached hydrogens (tertiary/aromatic N) is 1. The fraction of sp³-hybridized carbons (Fsp3) is 0.846. The van der Waals surface area contributed by atoms with Crippen molar-refractivity contribution in [1.82, 2.24) is 10.2 Å². The van der Waals surface area contributed by atoms with E-state index in [0.717, 1.165) is 4.90 Å². The Morgan fingerprint density at radius 2 is 1.90 bits per heavy atom. The summed E-state index contributed by atoms with van der Waals surface area (Å²) in [6.07, 6.45) is -4.31. The second-order valence-corrected chi connectivity index (χ2v) is 6.00. The molecule has 1 aliphatic heterocycles. The summed E-state index contributed by atoms with van der Waals surface area (Å²) >= 11 is 0. The van der Waals surface area contributed by atoms with Crippen LogP contribution < -0.4 is 5.32 Å². The monoisotopic (exact) mass is 310 g/mol. The lowest BCUT2D eigenvalue weighted by atomic mass is 9.92. The Morgan fingerprint density at radius 3 is 2.38 bits per heavy atom. The van der Waals surface area contributed by atoms with Crippen molar-refractivity contribution in [3.05, 3.63) is 0 Å². The van der Waals surface area contributed by atoms with E-state index < -0.39 is 24.6 Å². The number of hydrogen-bond donors (Lipinski definition) is 1. The molecular weight excluding hydrogens is 289 g/mol. The minimum Gasteiger partial charge on any atom is -0.342 e. The second kappa shape index (κ2) is 6.21. The largest absolute Gasteiger partial charge is 0.522 e. The number of ether oxygens (including phenoxy) is 1. The summed E-state index contributed by atoms with van der Waals surface area (Å²) in [5.74, 6) is -0.576. The van der Waals surface area contributed by atoms with Crippen molar-refractivity contribution in [1.29, 1.82) is 0 Å². The van der Waals surface area contributed by atoms with Crippen molar-refractivity contribution in [3.8, 4) is 0 Å². The van der Waals surface area contributed by atoms with Crippen LogP contribution >= 0.6 is 0 Å². The molecular formula is C13H21F3N2O3. The number of alkyl halides is 3. The highest BCUT2D eigenvalue weighted by Gasteiger charge is 2.46. The molecule has 1 fully saturated rings. The van der Waals surface area contributed by atoms with Gasteiger partial charge in [0.2, 0.25) is 11.8 Å². The molecule has 1 rings (SSSR count). The van der Waals surface area contributed by atoms with Gasteiger partial charge in [0.1, 0.15) is 11.6 Å². The number of carbonyl (C=O) groups is 2. The second-order valence-electron chi connectivity index (χ2n) is 6.00.